The zero-order valence-electron chi connectivity index (χ0n) is 12.4. The molecule has 1 aliphatic rings. The van der Waals surface area contributed by atoms with Crippen LogP contribution in [0.3, 0.4) is 0 Å². The molecule has 6 heteroatoms. The average molecular weight is 291 g/mol. The van der Waals surface area contributed by atoms with E-state index in [9.17, 15) is 14.9 Å². The molecular weight excluding hydrogens is 270 g/mol. The van der Waals surface area contributed by atoms with E-state index in [0.717, 1.165) is 12.8 Å². The van der Waals surface area contributed by atoms with Gasteiger partial charge < -0.3 is 5.32 Å². The Hall–Kier alpha value is -1.95. The maximum Gasteiger partial charge on any atom is 0.269 e. The maximum atomic E-state index is 12.1. The molecule has 1 N–H and O–H groups in total. The Balaban J connectivity index is 1.93. The molecule has 1 amide bonds. The summed E-state index contributed by atoms with van der Waals surface area (Å²) in [6, 6.07) is 6.72. The largest absolute Gasteiger partial charge is 0.325 e. The van der Waals surface area contributed by atoms with Crippen LogP contribution in [0.2, 0.25) is 0 Å². The van der Waals surface area contributed by atoms with Gasteiger partial charge in [-0.3, -0.25) is 19.8 Å². The van der Waals surface area contributed by atoms with Crippen molar-refractivity contribution in [3.63, 3.8) is 0 Å². The number of carbonyl (C=O) groups is 1. The number of rotatable bonds is 4. The number of non-ortho nitro benzene ring substituents is 1. The third-order valence-electron chi connectivity index (χ3n) is 4.06. The molecule has 1 aliphatic heterocycles. The lowest BCUT2D eigenvalue weighted by atomic mass is 9.97. The quantitative estimate of drug-likeness (QED) is 0.683. The summed E-state index contributed by atoms with van der Waals surface area (Å²) in [6.07, 6.45) is 3.45. The van der Waals surface area contributed by atoms with E-state index in [-0.39, 0.29) is 11.6 Å². The molecule has 2 unspecified atom stereocenters. The standard InChI is InChI=1S/C15H21N3O3/c1-11-4-3-5-12(2)17(11)10-15(19)16-13-6-8-14(9-7-13)18(20)21/h6-9,11-12H,3-5,10H2,1-2H3,(H,16,19). The van der Waals surface area contributed by atoms with Crippen LogP contribution in [0.5, 0.6) is 0 Å². The highest BCUT2D eigenvalue weighted by Gasteiger charge is 2.26. The van der Waals surface area contributed by atoms with Gasteiger partial charge in [0.1, 0.15) is 0 Å². The monoisotopic (exact) mass is 291 g/mol. The first kappa shape index (κ1) is 15.4. The summed E-state index contributed by atoms with van der Waals surface area (Å²) >= 11 is 0. The lowest BCUT2D eigenvalue weighted by molar-refractivity contribution is -0.384. The van der Waals surface area contributed by atoms with Crippen LogP contribution >= 0.6 is 0 Å². The molecule has 0 saturated carbocycles. The Labute approximate surface area is 124 Å². The molecule has 21 heavy (non-hydrogen) atoms. The van der Waals surface area contributed by atoms with E-state index >= 15 is 0 Å². The van der Waals surface area contributed by atoms with Gasteiger partial charge in [0, 0.05) is 29.9 Å². The lowest BCUT2D eigenvalue weighted by Gasteiger charge is -2.38. The molecular formula is C15H21N3O3. The molecule has 0 radical (unpaired) electrons. The van der Waals surface area contributed by atoms with Crippen LogP contribution in [0, 0.1) is 10.1 Å². The molecule has 0 spiro atoms. The molecule has 1 aromatic carbocycles. The molecule has 1 fully saturated rings. The minimum absolute atomic E-state index is 0.0197. The Morgan fingerprint density at radius 3 is 2.38 bits per heavy atom. The predicted molar refractivity (Wildman–Crippen MR) is 81.2 cm³/mol. The number of nitro groups is 1. The highest BCUT2D eigenvalue weighted by molar-refractivity contribution is 5.92. The fourth-order valence-corrected chi connectivity index (χ4v) is 2.82. The number of nitrogens with zero attached hydrogens (tertiary/aromatic N) is 2. The molecule has 0 aromatic heterocycles. The van der Waals surface area contributed by atoms with Crippen molar-refractivity contribution in [1.29, 1.82) is 0 Å². The molecule has 6 nitrogen and oxygen atoms in total. The first-order chi connectivity index (χ1) is 9.97. The van der Waals surface area contributed by atoms with E-state index in [1.54, 1.807) is 12.1 Å². The van der Waals surface area contributed by atoms with Crippen LogP contribution < -0.4 is 5.32 Å². The summed E-state index contributed by atoms with van der Waals surface area (Å²) in [7, 11) is 0. The summed E-state index contributed by atoms with van der Waals surface area (Å²) in [4.78, 5) is 24.4. The second-order valence-electron chi connectivity index (χ2n) is 5.65. The van der Waals surface area contributed by atoms with Crippen LogP contribution in [-0.4, -0.2) is 34.4 Å². The Bertz CT molecular complexity index is 505. The second kappa shape index (κ2) is 6.67. The fourth-order valence-electron chi connectivity index (χ4n) is 2.82. The SMILES string of the molecule is CC1CCCC(C)N1CC(=O)Nc1ccc([N+](=O)[O-])cc1. The Morgan fingerprint density at radius 1 is 1.29 bits per heavy atom. The Kier molecular flexibility index (Phi) is 4.90. The number of anilines is 1. The number of hydrogen-bond acceptors (Lipinski definition) is 4. The van der Waals surface area contributed by atoms with Gasteiger partial charge in [-0.1, -0.05) is 6.42 Å². The smallest absolute Gasteiger partial charge is 0.269 e. The van der Waals surface area contributed by atoms with Gasteiger partial charge in [0.15, 0.2) is 0 Å². The minimum Gasteiger partial charge on any atom is -0.325 e. The lowest BCUT2D eigenvalue weighted by Crippen LogP contribution is -2.47. The summed E-state index contributed by atoms with van der Waals surface area (Å²) in [5.41, 5.74) is 0.606. The number of likely N-dealkylation sites (tertiary alicyclic amines) is 1. The topological polar surface area (TPSA) is 75.5 Å². The third kappa shape index (κ3) is 4.01. The van der Waals surface area contributed by atoms with Crippen molar-refractivity contribution in [2.45, 2.75) is 45.2 Å². The van der Waals surface area contributed by atoms with Crippen molar-refractivity contribution >= 4 is 17.3 Å². The van der Waals surface area contributed by atoms with E-state index in [1.165, 1.54) is 18.6 Å². The average Bonchev–Trinajstić information content (AvgIpc) is 2.43. The van der Waals surface area contributed by atoms with Crippen molar-refractivity contribution < 1.29 is 9.72 Å². The molecule has 1 saturated heterocycles. The summed E-state index contributed by atoms with van der Waals surface area (Å²) in [6.45, 7) is 4.66. The first-order valence-corrected chi connectivity index (χ1v) is 7.27. The molecule has 1 aromatic rings. The second-order valence-corrected chi connectivity index (χ2v) is 5.65. The fraction of sp³-hybridized carbons (Fsp3) is 0.533. The molecule has 0 aliphatic carbocycles. The van der Waals surface area contributed by atoms with Crippen molar-refractivity contribution in [2.24, 2.45) is 0 Å². The van der Waals surface area contributed by atoms with Crippen molar-refractivity contribution in [1.82, 2.24) is 4.90 Å². The maximum absolute atomic E-state index is 12.1. The van der Waals surface area contributed by atoms with E-state index in [4.69, 9.17) is 0 Å². The summed E-state index contributed by atoms with van der Waals surface area (Å²) in [5.74, 6) is -0.0792. The van der Waals surface area contributed by atoms with Gasteiger partial charge in [-0.05, 0) is 38.8 Å². The molecule has 2 atom stereocenters. The van der Waals surface area contributed by atoms with Crippen LogP contribution in [0.15, 0.2) is 24.3 Å². The normalized spacial score (nSPS) is 22.8. The minimum atomic E-state index is -0.456. The van der Waals surface area contributed by atoms with Gasteiger partial charge in [-0.15, -0.1) is 0 Å². The molecule has 0 bridgehead atoms. The number of benzene rings is 1. The van der Waals surface area contributed by atoms with Gasteiger partial charge >= 0.3 is 0 Å². The summed E-state index contributed by atoms with van der Waals surface area (Å²) in [5, 5.41) is 13.4. The van der Waals surface area contributed by atoms with Gasteiger partial charge in [-0.25, -0.2) is 0 Å². The van der Waals surface area contributed by atoms with Gasteiger partial charge in [0.05, 0.1) is 11.5 Å². The van der Waals surface area contributed by atoms with E-state index in [2.05, 4.69) is 24.1 Å². The van der Waals surface area contributed by atoms with Crippen LogP contribution in [0.25, 0.3) is 0 Å². The van der Waals surface area contributed by atoms with Crippen molar-refractivity contribution in [3.05, 3.63) is 34.4 Å². The van der Waals surface area contributed by atoms with Crippen LogP contribution in [-0.2, 0) is 4.79 Å². The number of nitro benzene ring substituents is 1. The highest BCUT2D eigenvalue weighted by Crippen LogP contribution is 2.22. The third-order valence-corrected chi connectivity index (χ3v) is 4.06. The number of amides is 1. The molecule has 1 heterocycles. The van der Waals surface area contributed by atoms with Gasteiger partial charge in [0.25, 0.3) is 5.69 Å². The molecule has 2 rings (SSSR count). The Morgan fingerprint density at radius 2 is 1.86 bits per heavy atom. The highest BCUT2D eigenvalue weighted by atomic mass is 16.6. The van der Waals surface area contributed by atoms with Crippen molar-refractivity contribution in [3.8, 4) is 0 Å². The predicted octanol–water partition coefficient (Wildman–Crippen LogP) is 2.80. The van der Waals surface area contributed by atoms with E-state index in [1.807, 2.05) is 0 Å². The zero-order chi connectivity index (χ0) is 15.4. The molecule has 114 valence electrons. The number of carbonyl (C=O) groups excluding carboxylic acids is 1. The van der Waals surface area contributed by atoms with E-state index < -0.39 is 4.92 Å². The van der Waals surface area contributed by atoms with Crippen LogP contribution in [0.4, 0.5) is 11.4 Å². The van der Waals surface area contributed by atoms with Crippen molar-refractivity contribution in [2.75, 3.05) is 11.9 Å². The van der Waals surface area contributed by atoms with E-state index in [0.29, 0.717) is 24.3 Å². The summed E-state index contributed by atoms with van der Waals surface area (Å²) < 4.78 is 0. The first-order valence-electron chi connectivity index (χ1n) is 7.27. The number of piperidine rings is 1. The number of hydrogen-bond donors (Lipinski definition) is 1. The zero-order valence-corrected chi connectivity index (χ0v) is 12.4. The van der Waals surface area contributed by atoms with Crippen LogP contribution in [0.1, 0.15) is 33.1 Å². The van der Waals surface area contributed by atoms with Gasteiger partial charge in [0.2, 0.25) is 5.91 Å². The number of nitrogens with one attached hydrogen (secondary N) is 1. The van der Waals surface area contributed by atoms with Gasteiger partial charge in [-0.2, -0.15) is 0 Å².